The van der Waals surface area contributed by atoms with E-state index in [1.807, 2.05) is 12.1 Å². The number of methoxy groups -OCH3 is 2. The van der Waals surface area contributed by atoms with Crippen molar-refractivity contribution in [1.29, 1.82) is 0 Å². The molecular formula is C22H36N2O2. The molecule has 0 radical (unpaired) electrons. The van der Waals surface area contributed by atoms with E-state index in [0.717, 1.165) is 43.5 Å². The molecule has 0 amide bonds. The van der Waals surface area contributed by atoms with Crippen LogP contribution >= 0.6 is 0 Å². The molecule has 1 aromatic rings. The number of nitrogens with one attached hydrogen (secondary N) is 2. The summed E-state index contributed by atoms with van der Waals surface area (Å²) >= 11 is 0. The Morgan fingerprint density at radius 2 is 1.88 bits per heavy atom. The van der Waals surface area contributed by atoms with E-state index in [1.54, 1.807) is 14.2 Å². The van der Waals surface area contributed by atoms with Gasteiger partial charge < -0.3 is 20.1 Å². The van der Waals surface area contributed by atoms with Crippen LogP contribution in [0.2, 0.25) is 0 Å². The fraction of sp³-hybridized carbons (Fsp3) is 0.727. The molecule has 26 heavy (non-hydrogen) atoms. The van der Waals surface area contributed by atoms with E-state index < -0.39 is 0 Å². The summed E-state index contributed by atoms with van der Waals surface area (Å²) in [6, 6.07) is 6.66. The first-order valence-corrected chi connectivity index (χ1v) is 10.1. The van der Waals surface area contributed by atoms with E-state index in [0.29, 0.717) is 16.9 Å². The molecule has 2 fully saturated rings. The van der Waals surface area contributed by atoms with Gasteiger partial charge in [-0.3, -0.25) is 0 Å². The van der Waals surface area contributed by atoms with Gasteiger partial charge in [0.2, 0.25) is 0 Å². The van der Waals surface area contributed by atoms with Gasteiger partial charge >= 0.3 is 0 Å². The smallest absolute Gasteiger partial charge is 0.122 e. The molecule has 0 saturated heterocycles. The third-order valence-corrected chi connectivity index (χ3v) is 7.55. The first-order valence-electron chi connectivity index (χ1n) is 10.1. The summed E-state index contributed by atoms with van der Waals surface area (Å²) in [6.07, 6.45) is 5.09. The van der Waals surface area contributed by atoms with Crippen molar-refractivity contribution in [3.63, 3.8) is 0 Å². The van der Waals surface area contributed by atoms with Crippen LogP contribution in [0.4, 0.5) is 0 Å². The Labute approximate surface area is 159 Å². The molecule has 146 valence electrons. The molecule has 0 unspecified atom stereocenters. The highest BCUT2D eigenvalue weighted by atomic mass is 16.5. The number of benzene rings is 1. The number of hydrogen-bond acceptors (Lipinski definition) is 4. The zero-order valence-corrected chi connectivity index (χ0v) is 17.2. The van der Waals surface area contributed by atoms with Gasteiger partial charge in [0.1, 0.15) is 11.5 Å². The normalized spacial score (nSPS) is 29.1. The molecule has 3 rings (SSSR count). The molecule has 1 aromatic carbocycles. The Hall–Kier alpha value is -1.26. The first-order chi connectivity index (χ1) is 12.4. The van der Waals surface area contributed by atoms with Gasteiger partial charge in [-0.2, -0.15) is 0 Å². The molecule has 0 spiro atoms. The molecule has 2 saturated carbocycles. The lowest BCUT2D eigenvalue weighted by atomic mass is 9.69. The zero-order valence-electron chi connectivity index (χ0n) is 17.2. The van der Waals surface area contributed by atoms with Gasteiger partial charge in [-0.25, -0.2) is 0 Å². The van der Waals surface area contributed by atoms with Crippen molar-refractivity contribution in [2.24, 2.45) is 16.7 Å². The Balaban J connectivity index is 1.40. The second-order valence-corrected chi connectivity index (χ2v) is 8.79. The van der Waals surface area contributed by atoms with Gasteiger partial charge in [-0.1, -0.05) is 20.8 Å². The standard InChI is InChI=1S/C22H36N2O2/c1-21(2)17-8-10-22(21,3)20(15-17)24-13-12-23-11-9-16-14-18(25-4)6-7-19(16)26-5/h6-7,14,17,20,23-24H,8-13,15H2,1-5H3/t17-,20+,22+/m1/s1. The Morgan fingerprint density at radius 1 is 1.08 bits per heavy atom. The van der Waals surface area contributed by atoms with E-state index in [4.69, 9.17) is 9.47 Å². The number of rotatable bonds is 9. The zero-order chi connectivity index (χ0) is 18.8. The van der Waals surface area contributed by atoms with Crippen molar-refractivity contribution in [2.45, 2.75) is 52.5 Å². The lowest BCUT2D eigenvalue weighted by Gasteiger charge is -2.39. The van der Waals surface area contributed by atoms with Crippen LogP contribution in [0.5, 0.6) is 11.5 Å². The third kappa shape index (κ3) is 3.46. The Bertz CT molecular complexity index is 616. The highest BCUT2D eigenvalue weighted by Gasteiger charge is 2.60. The molecule has 2 N–H and O–H groups in total. The van der Waals surface area contributed by atoms with E-state index in [9.17, 15) is 0 Å². The van der Waals surface area contributed by atoms with Gasteiger partial charge in [-0.05, 0) is 72.7 Å². The molecule has 0 aliphatic heterocycles. The quantitative estimate of drug-likeness (QED) is 0.660. The summed E-state index contributed by atoms with van der Waals surface area (Å²) in [4.78, 5) is 0. The lowest BCUT2D eigenvalue weighted by molar-refractivity contribution is 0.121. The Kier molecular flexibility index (Phi) is 5.83. The molecule has 2 aliphatic rings. The summed E-state index contributed by atoms with van der Waals surface area (Å²) < 4.78 is 10.8. The third-order valence-electron chi connectivity index (χ3n) is 7.55. The molecule has 3 atom stereocenters. The fourth-order valence-electron chi connectivity index (χ4n) is 5.27. The maximum absolute atomic E-state index is 5.45. The SMILES string of the molecule is COc1ccc(OC)c(CCNCCN[C@H]2C[C@H]3CC[C@]2(C)C3(C)C)c1. The van der Waals surface area contributed by atoms with Crippen LogP contribution in [0.25, 0.3) is 0 Å². The van der Waals surface area contributed by atoms with Crippen LogP contribution in [0, 0.1) is 16.7 Å². The topological polar surface area (TPSA) is 42.5 Å². The number of ether oxygens (including phenoxy) is 2. The van der Waals surface area contributed by atoms with E-state index in [2.05, 4.69) is 37.5 Å². The number of fused-ring (bicyclic) bond motifs is 2. The maximum Gasteiger partial charge on any atom is 0.122 e. The van der Waals surface area contributed by atoms with Gasteiger partial charge in [0.25, 0.3) is 0 Å². The second kappa shape index (κ2) is 7.77. The highest BCUT2D eigenvalue weighted by Crippen LogP contribution is 2.65. The average molecular weight is 361 g/mol. The molecule has 2 bridgehead atoms. The van der Waals surface area contributed by atoms with Crippen molar-refractivity contribution in [2.75, 3.05) is 33.9 Å². The van der Waals surface area contributed by atoms with Crippen LogP contribution in [-0.2, 0) is 6.42 Å². The summed E-state index contributed by atoms with van der Waals surface area (Å²) in [5.41, 5.74) is 2.14. The Morgan fingerprint density at radius 3 is 2.50 bits per heavy atom. The monoisotopic (exact) mass is 360 g/mol. The summed E-state index contributed by atoms with van der Waals surface area (Å²) in [7, 11) is 3.42. The van der Waals surface area contributed by atoms with Crippen LogP contribution in [0.3, 0.4) is 0 Å². The van der Waals surface area contributed by atoms with Gasteiger partial charge in [-0.15, -0.1) is 0 Å². The van der Waals surface area contributed by atoms with Crippen molar-refractivity contribution < 1.29 is 9.47 Å². The lowest BCUT2D eigenvalue weighted by Crippen LogP contribution is -2.46. The van der Waals surface area contributed by atoms with Gasteiger partial charge in [0, 0.05) is 19.1 Å². The first kappa shape index (κ1) is 19.5. The van der Waals surface area contributed by atoms with Crippen molar-refractivity contribution in [1.82, 2.24) is 10.6 Å². The van der Waals surface area contributed by atoms with E-state index in [-0.39, 0.29) is 0 Å². The summed E-state index contributed by atoms with van der Waals surface area (Å²) in [5, 5.41) is 7.41. The molecule has 4 heteroatoms. The van der Waals surface area contributed by atoms with E-state index >= 15 is 0 Å². The summed E-state index contributed by atoms with van der Waals surface area (Å²) in [6.45, 7) is 10.4. The molecule has 4 nitrogen and oxygen atoms in total. The minimum absolute atomic E-state index is 0.464. The van der Waals surface area contributed by atoms with Crippen LogP contribution in [0.15, 0.2) is 18.2 Å². The minimum Gasteiger partial charge on any atom is -0.497 e. The van der Waals surface area contributed by atoms with Crippen LogP contribution < -0.4 is 20.1 Å². The maximum atomic E-state index is 5.45. The van der Waals surface area contributed by atoms with Crippen LogP contribution in [0.1, 0.15) is 45.6 Å². The van der Waals surface area contributed by atoms with Crippen molar-refractivity contribution in [3.8, 4) is 11.5 Å². The average Bonchev–Trinajstić information content (AvgIpc) is 2.97. The van der Waals surface area contributed by atoms with Crippen molar-refractivity contribution >= 4 is 0 Å². The second-order valence-electron chi connectivity index (χ2n) is 8.79. The van der Waals surface area contributed by atoms with Crippen molar-refractivity contribution in [3.05, 3.63) is 23.8 Å². The molecule has 2 aliphatic carbocycles. The van der Waals surface area contributed by atoms with Crippen LogP contribution in [-0.4, -0.2) is 39.9 Å². The molecule has 0 aromatic heterocycles. The number of hydrogen-bond donors (Lipinski definition) is 2. The molecule has 0 heterocycles. The summed E-state index contributed by atoms with van der Waals surface area (Å²) in [5.74, 6) is 2.72. The largest absolute Gasteiger partial charge is 0.497 e. The predicted octanol–water partition coefficient (Wildman–Crippen LogP) is 3.64. The highest BCUT2D eigenvalue weighted by molar-refractivity contribution is 5.40. The molecular weight excluding hydrogens is 324 g/mol. The predicted molar refractivity (Wildman–Crippen MR) is 107 cm³/mol. The van der Waals surface area contributed by atoms with Gasteiger partial charge in [0.15, 0.2) is 0 Å². The van der Waals surface area contributed by atoms with E-state index in [1.165, 1.54) is 24.8 Å². The minimum atomic E-state index is 0.464. The van der Waals surface area contributed by atoms with Gasteiger partial charge in [0.05, 0.1) is 14.2 Å². The fourth-order valence-corrected chi connectivity index (χ4v) is 5.27.